The molecule has 0 fully saturated rings. The average Bonchev–Trinajstić information content (AvgIpc) is 2.45. The van der Waals surface area contributed by atoms with Crippen LogP contribution in [0.5, 0.6) is 11.5 Å². The van der Waals surface area contributed by atoms with Crippen LogP contribution in [0.1, 0.15) is 5.56 Å². The lowest BCUT2D eigenvalue weighted by Crippen LogP contribution is -1.87. The van der Waals surface area contributed by atoms with Gasteiger partial charge in [-0.25, -0.2) is 0 Å². The third-order valence-electron chi connectivity index (χ3n) is 2.44. The summed E-state index contributed by atoms with van der Waals surface area (Å²) in [5.74, 6) is 1.46. The van der Waals surface area contributed by atoms with Gasteiger partial charge < -0.3 is 9.47 Å². The van der Waals surface area contributed by atoms with Gasteiger partial charge in [-0.2, -0.15) is 0 Å². The Bertz CT molecular complexity index is 539. The predicted molar refractivity (Wildman–Crippen MR) is 71.0 cm³/mol. The zero-order valence-electron chi connectivity index (χ0n) is 10.3. The van der Waals surface area contributed by atoms with Crippen LogP contribution in [0.3, 0.4) is 0 Å². The summed E-state index contributed by atoms with van der Waals surface area (Å²) in [7, 11) is 3.24. The van der Waals surface area contributed by atoms with Gasteiger partial charge in [0.2, 0.25) is 0 Å². The van der Waals surface area contributed by atoms with Crippen LogP contribution in [-0.4, -0.2) is 25.4 Å². The van der Waals surface area contributed by atoms with Crippen molar-refractivity contribution in [1.82, 2.24) is 4.98 Å². The van der Waals surface area contributed by atoms with E-state index >= 15 is 0 Å². The van der Waals surface area contributed by atoms with Gasteiger partial charge in [-0.1, -0.05) is 0 Å². The number of hydrogen-bond acceptors (Lipinski definition) is 4. The van der Waals surface area contributed by atoms with Crippen molar-refractivity contribution in [3.05, 3.63) is 48.3 Å². The minimum Gasteiger partial charge on any atom is -0.497 e. The van der Waals surface area contributed by atoms with E-state index < -0.39 is 0 Å². The summed E-state index contributed by atoms with van der Waals surface area (Å²) >= 11 is 0. The van der Waals surface area contributed by atoms with Crippen molar-refractivity contribution in [3.63, 3.8) is 0 Å². The Hall–Kier alpha value is -2.36. The van der Waals surface area contributed by atoms with Crippen molar-refractivity contribution in [2.45, 2.75) is 0 Å². The lowest BCUT2D eigenvalue weighted by molar-refractivity contribution is 0.404. The molecule has 0 radical (unpaired) electrons. The SMILES string of the molecule is COc1ccc(OC)c(N=Cc2ccncc2)c1. The first-order chi connectivity index (χ1) is 8.83. The fraction of sp³-hybridized carbons (Fsp3) is 0.143. The largest absolute Gasteiger partial charge is 0.497 e. The van der Waals surface area contributed by atoms with E-state index in [1.54, 1.807) is 32.8 Å². The third kappa shape index (κ3) is 2.85. The lowest BCUT2D eigenvalue weighted by Gasteiger charge is -2.06. The van der Waals surface area contributed by atoms with E-state index in [1.807, 2.05) is 30.3 Å². The first-order valence-electron chi connectivity index (χ1n) is 5.49. The molecule has 0 spiro atoms. The zero-order valence-corrected chi connectivity index (χ0v) is 10.3. The molecule has 92 valence electrons. The molecule has 2 rings (SSSR count). The Labute approximate surface area is 106 Å². The summed E-state index contributed by atoms with van der Waals surface area (Å²) in [4.78, 5) is 8.35. The summed E-state index contributed by atoms with van der Waals surface area (Å²) in [5, 5.41) is 0. The molecule has 0 aliphatic heterocycles. The smallest absolute Gasteiger partial charge is 0.144 e. The molecule has 0 unspecified atom stereocenters. The van der Waals surface area contributed by atoms with Crippen molar-refractivity contribution in [2.75, 3.05) is 14.2 Å². The van der Waals surface area contributed by atoms with E-state index in [9.17, 15) is 0 Å². The van der Waals surface area contributed by atoms with E-state index in [2.05, 4.69) is 9.98 Å². The van der Waals surface area contributed by atoms with Gasteiger partial charge in [0, 0.05) is 24.7 Å². The Kier molecular flexibility index (Phi) is 3.91. The first-order valence-corrected chi connectivity index (χ1v) is 5.49. The first kappa shape index (κ1) is 12.1. The van der Waals surface area contributed by atoms with Gasteiger partial charge in [0.1, 0.15) is 17.2 Å². The second-order valence-corrected chi connectivity index (χ2v) is 3.58. The highest BCUT2D eigenvalue weighted by atomic mass is 16.5. The van der Waals surface area contributed by atoms with E-state index in [0.29, 0.717) is 5.75 Å². The third-order valence-corrected chi connectivity index (χ3v) is 2.44. The molecule has 0 saturated carbocycles. The van der Waals surface area contributed by atoms with E-state index in [-0.39, 0.29) is 0 Å². The maximum absolute atomic E-state index is 5.25. The zero-order chi connectivity index (χ0) is 12.8. The molecule has 4 nitrogen and oxygen atoms in total. The minimum absolute atomic E-state index is 0.709. The van der Waals surface area contributed by atoms with Crippen molar-refractivity contribution in [3.8, 4) is 11.5 Å². The molecule has 2 aromatic rings. The monoisotopic (exact) mass is 242 g/mol. The lowest BCUT2D eigenvalue weighted by atomic mass is 10.2. The molecule has 0 amide bonds. The molecule has 1 heterocycles. The second-order valence-electron chi connectivity index (χ2n) is 3.58. The fourth-order valence-electron chi connectivity index (χ4n) is 1.49. The Balaban J connectivity index is 2.30. The van der Waals surface area contributed by atoms with Gasteiger partial charge in [-0.05, 0) is 29.8 Å². The molecular formula is C14H14N2O2. The van der Waals surface area contributed by atoms with Crippen molar-refractivity contribution < 1.29 is 9.47 Å². The summed E-state index contributed by atoms with van der Waals surface area (Å²) in [5.41, 5.74) is 1.71. The van der Waals surface area contributed by atoms with Crippen LogP contribution in [0.25, 0.3) is 0 Å². The van der Waals surface area contributed by atoms with Crippen molar-refractivity contribution >= 4 is 11.9 Å². The van der Waals surface area contributed by atoms with Gasteiger partial charge in [-0.15, -0.1) is 0 Å². The average molecular weight is 242 g/mol. The van der Waals surface area contributed by atoms with E-state index in [0.717, 1.165) is 17.0 Å². The van der Waals surface area contributed by atoms with Gasteiger partial charge >= 0.3 is 0 Å². The highest BCUT2D eigenvalue weighted by Gasteiger charge is 2.02. The van der Waals surface area contributed by atoms with Gasteiger partial charge in [0.15, 0.2) is 0 Å². The molecular weight excluding hydrogens is 228 g/mol. The predicted octanol–water partition coefficient (Wildman–Crippen LogP) is 2.85. The van der Waals surface area contributed by atoms with Crippen LogP contribution in [0.15, 0.2) is 47.7 Å². The molecule has 0 N–H and O–H groups in total. The van der Waals surface area contributed by atoms with Crippen LogP contribution in [-0.2, 0) is 0 Å². The maximum atomic E-state index is 5.25. The van der Waals surface area contributed by atoms with E-state index in [4.69, 9.17) is 9.47 Å². The molecule has 0 saturated heterocycles. The van der Waals surface area contributed by atoms with Gasteiger partial charge in [0.05, 0.1) is 14.2 Å². The molecule has 1 aromatic carbocycles. The van der Waals surface area contributed by atoms with Crippen LogP contribution in [0.2, 0.25) is 0 Å². The number of aromatic nitrogens is 1. The molecule has 0 bridgehead atoms. The van der Waals surface area contributed by atoms with Crippen LogP contribution < -0.4 is 9.47 Å². The summed E-state index contributed by atoms with van der Waals surface area (Å²) in [6.45, 7) is 0. The minimum atomic E-state index is 0.709. The molecule has 0 aliphatic rings. The second kappa shape index (κ2) is 5.82. The van der Waals surface area contributed by atoms with Crippen molar-refractivity contribution in [2.24, 2.45) is 4.99 Å². The number of pyridine rings is 1. The van der Waals surface area contributed by atoms with E-state index in [1.165, 1.54) is 0 Å². The standard InChI is InChI=1S/C14H14N2O2/c1-17-12-3-4-14(18-2)13(9-12)16-10-11-5-7-15-8-6-11/h3-10H,1-2H3. The topological polar surface area (TPSA) is 43.7 Å². The Morgan fingerprint density at radius 2 is 1.83 bits per heavy atom. The molecule has 1 aromatic heterocycles. The highest BCUT2D eigenvalue weighted by Crippen LogP contribution is 2.31. The van der Waals surface area contributed by atoms with Crippen LogP contribution in [0, 0.1) is 0 Å². The number of hydrogen-bond donors (Lipinski definition) is 0. The van der Waals surface area contributed by atoms with Crippen molar-refractivity contribution in [1.29, 1.82) is 0 Å². The normalized spacial score (nSPS) is 10.6. The quantitative estimate of drug-likeness (QED) is 0.774. The molecule has 4 heteroatoms. The van der Waals surface area contributed by atoms with Gasteiger partial charge in [0.25, 0.3) is 0 Å². The van der Waals surface area contributed by atoms with Crippen LogP contribution >= 0.6 is 0 Å². The number of rotatable bonds is 4. The highest BCUT2D eigenvalue weighted by molar-refractivity contribution is 5.82. The molecule has 0 aliphatic carbocycles. The Morgan fingerprint density at radius 3 is 2.50 bits per heavy atom. The maximum Gasteiger partial charge on any atom is 0.144 e. The number of benzene rings is 1. The van der Waals surface area contributed by atoms with Crippen LogP contribution in [0.4, 0.5) is 5.69 Å². The number of ether oxygens (including phenoxy) is 2. The number of methoxy groups -OCH3 is 2. The number of nitrogens with zero attached hydrogens (tertiary/aromatic N) is 2. The summed E-state index contributed by atoms with van der Waals surface area (Å²) in [6.07, 6.45) is 5.22. The summed E-state index contributed by atoms with van der Waals surface area (Å²) in [6, 6.07) is 9.27. The number of aliphatic imine (C=N–C) groups is 1. The van der Waals surface area contributed by atoms with Gasteiger partial charge in [-0.3, -0.25) is 9.98 Å². The molecule has 18 heavy (non-hydrogen) atoms. The summed E-state index contributed by atoms with van der Waals surface area (Å²) < 4.78 is 10.4. The Morgan fingerprint density at radius 1 is 1.06 bits per heavy atom. The molecule has 0 atom stereocenters. The fourth-order valence-corrected chi connectivity index (χ4v) is 1.49.